The van der Waals surface area contributed by atoms with Crippen LogP contribution in [-0.4, -0.2) is 22.9 Å². The van der Waals surface area contributed by atoms with E-state index in [2.05, 4.69) is 12.2 Å². The molecule has 1 aromatic carbocycles. The number of carbonyl (C=O) groups is 1. The Balaban J connectivity index is 1.86. The zero-order valence-corrected chi connectivity index (χ0v) is 12.7. The maximum Gasteiger partial charge on any atom is 0.241 e. The van der Waals surface area contributed by atoms with Crippen molar-refractivity contribution in [3.05, 3.63) is 35.6 Å². The smallest absolute Gasteiger partial charge is 0.241 e. The fraction of sp³-hybridized carbons (Fsp3) is 0.588. The van der Waals surface area contributed by atoms with E-state index in [0.29, 0.717) is 0 Å². The molecule has 2 fully saturated rings. The number of nitrogens with zero attached hydrogens (tertiary/aromatic N) is 1. The van der Waals surface area contributed by atoms with E-state index < -0.39 is 0 Å². The van der Waals surface area contributed by atoms with Crippen molar-refractivity contribution in [1.29, 1.82) is 0 Å². The summed E-state index contributed by atoms with van der Waals surface area (Å²) in [6, 6.07) is 6.61. The van der Waals surface area contributed by atoms with Gasteiger partial charge in [0.05, 0.1) is 6.04 Å². The van der Waals surface area contributed by atoms with Gasteiger partial charge in [0, 0.05) is 6.04 Å². The summed E-state index contributed by atoms with van der Waals surface area (Å²) in [6.45, 7) is 4.12. The lowest BCUT2D eigenvalue weighted by Gasteiger charge is -2.31. The fourth-order valence-electron chi connectivity index (χ4n) is 3.30. The van der Waals surface area contributed by atoms with Crippen LogP contribution in [0.5, 0.6) is 0 Å². The molecular formula is C17H23FN2O. The van der Waals surface area contributed by atoms with Crippen LogP contribution in [0.3, 0.4) is 0 Å². The number of rotatable bonds is 5. The quantitative estimate of drug-likeness (QED) is 0.903. The van der Waals surface area contributed by atoms with Gasteiger partial charge in [0.1, 0.15) is 12.0 Å². The molecule has 1 aromatic rings. The molecule has 2 aliphatic rings. The summed E-state index contributed by atoms with van der Waals surface area (Å²) < 4.78 is 13.5. The fourth-order valence-corrected chi connectivity index (χ4v) is 3.30. The second-order valence-corrected chi connectivity index (χ2v) is 6.36. The Morgan fingerprint density at radius 2 is 2.19 bits per heavy atom. The number of hydrogen-bond donors (Lipinski definition) is 1. The van der Waals surface area contributed by atoms with E-state index in [1.807, 2.05) is 17.9 Å². The second-order valence-electron chi connectivity index (χ2n) is 6.36. The summed E-state index contributed by atoms with van der Waals surface area (Å²) in [5.41, 5.74) is 0.835. The van der Waals surface area contributed by atoms with Crippen LogP contribution in [0.4, 0.5) is 4.39 Å². The number of halogens is 1. The molecule has 4 heteroatoms. The highest BCUT2D eigenvalue weighted by Gasteiger charge is 2.42. The number of carbonyl (C=O) groups excluding carboxylic acids is 1. The summed E-state index contributed by atoms with van der Waals surface area (Å²) >= 11 is 0. The Morgan fingerprint density at radius 1 is 1.43 bits per heavy atom. The van der Waals surface area contributed by atoms with Crippen LogP contribution in [0.2, 0.25) is 0 Å². The van der Waals surface area contributed by atoms with Gasteiger partial charge in [-0.1, -0.05) is 31.9 Å². The standard InChI is InChI=1S/C17H23FN2O/c1-3-15-17(21)20(11(2)9-12-7-8-12)16(19-15)13-5-4-6-14(18)10-13/h4-6,10-12,15-16,19H,3,7-9H2,1-2H3. The average Bonchev–Trinajstić information content (AvgIpc) is 3.20. The van der Waals surface area contributed by atoms with E-state index >= 15 is 0 Å². The lowest BCUT2D eigenvalue weighted by molar-refractivity contribution is -0.132. The van der Waals surface area contributed by atoms with Crippen molar-refractivity contribution in [2.75, 3.05) is 0 Å². The van der Waals surface area contributed by atoms with Gasteiger partial charge >= 0.3 is 0 Å². The minimum Gasteiger partial charge on any atom is -0.319 e. The van der Waals surface area contributed by atoms with Gasteiger partial charge in [0.25, 0.3) is 0 Å². The summed E-state index contributed by atoms with van der Waals surface area (Å²) in [7, 11) is 0. The van der Waals surface area contributed by atoms with Crippen LogP contribution in [0.15, 0.2) is 24.3 Å². The zero-order valence-electron chi connectivity index (χ0n) is 12.7. The Bertz CT molecular complexity index is 529. The number of nitrogens with one attached hydrogen (secondary N) is 1. The molecule has 0 aromatic heterocycles. The Hall–Kier alpha value is -1.42. The first-order valence-electron chi connectivity index (χ1n) is 7.93. The second kappa shape index (κ2) is 5.76. The van der Waals surface area contributed by atoms with Gasteiger partial charge in [-0.2, -0.15) is 0 Å². The van der Waals surface area contributed by atoms with Gasteiger partial charge in [0.2, 0.25) is 5.91 Å². The molecule has 1 aliphatic heterocycles. The van der Waals surface area contributed by atoms with E-state index in [1.165, 1.54) is 25.0 Å². The predicted molar refractivity (Wildman–Crippen MR) is 80.0 cm³/mol. The molecule has 0 bridgehead atoms. The van der Waals surface area contributed by atoms with E-state index in [9.17, 15) is 9.18 Å². The third-order valence-corrected chi connectivity index (χ3v) is 4.61. The highest BCUT2D eigenvalue weighted by atomic mass is 19.1. The maximum absolute atomic E-state index is 13.5. The third kappa shape index (κ3) is 2.95. The van der Waals surface area contributed by atoms with Crippen molar-refractivity contribution in [3.8, 4) is 0 Å². The first-order valence-corrected chi connectivity index (χ1v) is 7.93. The zero-order chi connectivity index (χ0) is 15.0. The Labute approximate surface area is 125 Å². The first kappa shape index (κ1) is 14.5. The monoisotopic (exact) mass is 290 g/mol. The number of amides is 1. The maximum atomic E-state index is 13.5. The van der Waals surface area contributed by atoms with E-state index in [4.69, 9.17) is 0 Å². The van der Waals surface area contributed by atoms with Gasteiger partial charge in [-0.05, 0) is 43.4 Å². The molecule has 1 saturated carbocycles. The highest BCUT2D eigenvalue weighted by molar-refractivity contribution is 5.84. The minimum absolute atomic E-state index is 0.153. The minimum atomic E-state index is -0.253. The number of benzene rings is 1. The van der Waals surface area contributed by atoms with Gasteiger partial charge in [-0.25, -0.2) is 4.39 Å². The molecule has 1 amide bonds. The van der Waals surface area contributed by atoms with Crippen molar-refractivity contribution in [2.24, 2.45) is 5.92 Å². The van der Waals surface area contributed by atoms with Crippen molar-refractivity contribution in [1.82, 2.24) is 10.2 Å². The summed E-state index contributed by atoms with van der Waals surface area (Å²) in [5, 5.41) is 3.37. The molecule has 3 unspecified atom stereocenters. The summed E-state index contributed by atoms with van der Waals surface area (Å²) in [5.74, 6) is 0.665. The molecular weight excluding hydrogens is 267 g/mol. The van der Waals surface area contributed by atoms with Crippen LogP contribution in [0.1, 0.15) is 51.3 Å². The Morgan fingerprint density at radius 3 is 2.81 bits per heavy atom. The number of hydrogen-bond acceptors (Lipinski definition) is 2. The summed E-state index contributed by atoms with van der Waals surface area (Å²) in [4.78, 5) is 14.6. The molecule has 3 nitrogen and oxygen atoms in total. The first-order chi connectivity index (χ1) is 10.1. The van der Waals surface area contributed by atoms with Gasteiger partial charge in [-0.15, -0.1) is 0 Å². The molecule has 3 atom stereocenters. The molecule has 0 radical (unpaired) electrons. The van der Waals surface area contributed by atoms with Crippen LogP contribution in [0, 0.1) is 11.7 Å². The molecule has 1 heterocycles. The van der Waals surface area contributed by atoms with Gasteiger partial charge in [-0.3, -0.25) is 10.1 Å². The highest BCUT2D eigenvalue weighted by Crippen LogP contribution is 2.37. The van der Waals surface area contributed by atoms with Crippen molar-refractivity contribution in [3.63, 3.8) is 0 Å². The third-order valence-electron chi connectivity index (χ3n) is 4.61. The molecule has 3 rings (SSSR count). The Kier molecular flexibility index (Phi) is 3.98. The van der Waals surface area contributed by atoms with Crippen LogP contribution in [-0.2, 0) is 4.79 Å². The largest absolute Gasteiger partial charge is 0.319 e. The van der Waals surface area contributed by atoms with Crippen molar-refractivity contribution in [2.45, 2.75) is 57.8 Å². The topological polar surface area (TPSA) is 32.3 Å². The van der Waals surface area contributed by atoms with Crippen LogP contribution >= 0.6 is 0 Å². The van der Waals surface area contributed by atoms with E-state index in [1.54, 1.807) is 6.07 Å². The lowest BCUT2D eigenvalue weighted by atomic mass is 10.1. The predicted octanol–water partition coefficient (Wildman–Crippen LogP) is 3.22. The SMILES string of the molecule is CCC1NC(c2cccc(F)c2)N(C(C)CC2CC2)C1=O. The lowest BCUT2D eigenvalue weighted by Crippen LogP contribution is -2.38. The van der Waals surface area contributed by atoms with Gasteiger partial charge in [0.15, 0.2) is 0 Å². The molecule has 1 N–H and O–H groups in total. The molecule has 1 saturated heterocycles. The molecule has 21 heavy (non-hydrogen) atoms. The van der Waals surface area contributed by atoms with Crippen molar-refractivity contribution < 1.29 is 9.18 Å². The average molecular weight is 290 g/mol. The normalized spacial score (nSPS) is 27.2. The molecule has 114 valence electrons. The van der Waals surface area contributed by atoms with Gasteiger partial charge < -0.3 is 4.90 Å². The van der Waals surface area contributed by atoms with E-state index in [0.717, 1.165) is 24.3 Å². The van der Waals surface area contributed by atoms with Crippen molar-refractivity contribution >= 4 is 5.91 Å². The molecule has 1 aliphatic carbocycles. The summed E-state index contributed by atoms with van der Waals surface area (Å²) in [6.07, 6.45) is 4.17. The van der Waals surface area contributed by atoms with E-state index in [-0.39, 0.29) is 30.0 Å². The molecule has 0 spiro atoms. The van der Waals surface area contributed by atoms with Crippen LogP contribution in [0.25, 0.3) is 0 Å². The van der Waals surface area contributed by atoms with Crippen LogP contribution < -0.4 is 5.32 Å².